The zero-order valence-electron chi connectivity index (χ0n) is 19.1. The number of carbonyl (C=O) groups is 2. The highest BCUT2D eigenvalue weighted by Crippen LogP contribution is 2.16. The lowest BCUT2D eigenvalue weighted by molar-refractivity contribution is 0.0592. The van der Waals surface area contributed by atoms with Crippen LogP contribution in [0.25, 0.3) is 0 Å². The minimum Gasteiger partial charge on any atom is -0.465 e. The maximum Gasteiger partial charge on any atom is 0.337 e. The van der Waals surface area contributed by atoms with Crippen LogP contribution in [0, 0.1) is 5.82 Å². The Hall–Kier alpha value is -3.01. The topological polar surface area (TPSA) is 86.3 Å². The minimum atomic E-state index is -0.454. The van der Waals surface area contributed by atoms with Gasteiger partial charge in [-0.2, -0.15) is 0 Å². The first-order chi connectivity index (χ1) is 16.0. The molecule has 2 aromatic carbocycles. The lowest BCUT2D eigenvalue weighted by Gasteiger charge is -2.28. The molecule has 0 bridgehead atoms. The van der Waals surface area contributed by atoms with E-state index >= 15 is 0 Å². The van der Waals surface area contributed by atoms with E-state index in [0.29, 0.717) is 11.1 Å². The lowest BCUT2D eigenvalue weighted by Crippen LogP contribution is -2.36. The summed E-state index contributed by atoms with van der Waals surface area (Å²) in [6, 6.07) is 12.6. The molecule has 9 heteroatoms. The summed E-state index contributed by atoms with van der Waals surface area (Å²) in [5.41, 5.74) is 2.06. The number of carbonyl (C=O) groups excluding carboxylic acids is 2. The van der Waals surface area contributed by atoms with E-state index in [1.165, 1.54) is 38.5 Å². The van der Waals surface area contributed by atoms with Crippen molar-refractivity contribution in [3.05, 3.63) is 65.5 Å². The van der Waals surface area contributed by atoms with Crippen molar-refractivity contribution in [1.29, 1.82) is 0 Å². The molecule has 0 aliphatic carbocycles. The number of benzene rings is 2. The largest absolute Gasteiger partial charge is 0.465 e. The standard InChI is InChI=1S/C12H15NO3.C8H7FO2.C4H9NO.3CH4/c1-15-12(14)10-2-4-11(5-3-10)13-6-8-16-9-7-13;1-11-8(10)6-2-4-7(9)5-3-6;1-3-6-4-2-5-1;;;/h2-5H,6-9H2,1H3;2-5H,1H3;5H,1-4H2;3*1H4. The fourth-order valence-corrected chi connectivity index (χ4v) is 2.97. The molecule has 2 aliphatic heterocycles. The lowest BCUT2D eigenvalue weighted by atomic mass is 10.2. The highest BCUT2D eigenvalue weighted by Gasteiger charge is 2.12. The van der Waals surface area contributed by atoms with Crippen LogP contribution in [0.15, 0.2) is 48.5 Å². The quantitative estimate of drug-likeness (QED) is 0.607. The molecule has 0 unspecified atom stereocenters. The summed E-state index contributed by atoms with van der Waals surface area (Å²) >= 11 is 0. The highest BCUT2D eigenvalue weighted by molar-refractivity contribution is 5.90. The summed E-state index contributed by atoms with van der Waals surface area (Å²) in [4.78, 5) is 24.3. The Morgan fingerprint density at radius 1 is 0.750 bits per heavy atom. The first-order valence-corrected chi connectivity index (χ1v) is 10.7. The number of nitrogens with zero attached hydrogens (tertiary/aromatic N) is 1. The summed E-state index contributed by atoms with van der Waals surface area (Å²) in [5.74, 6) is -1.11. The molecule has 2 aliphatic rings. The van der Waals surface area contributed by atoms with Crippen LogP contribution in [0.5, 0.6) is 0 Å². The second kappa shape index (κ2) is 20.2. The number of ether oxygens (including phenoxy) is 4. The second-order valence-corrected chi connectivity index (χ2v) is 7.00. The summed E-state index contributed by atoms with van der Waals surface area (Å²) in [5, 5.41) is 3.16. The Morgan fingerprint density at radius 2 is 1.17 bits per heavy atom. The predicted molar refractivity (Wildman–Crippen MR) is 142 cm³/mol. The molecule has 2 fully saturated rings. The number of hydrogen-bond donors (Lipinski definition) is 1. The Kier molecular flexibility index (Phi) is 19.7. The van der Waals surface area contributed by atoms with Crippen LogP contribution in [0.1, 0.15) is 43.0 Å². The number of rotatable bonds is 3. The van der Waals surface area contributed by atoms with Gasteiger partial charge in [-0.25, -0.2) is 14.0 Å². The van der Waals surface area contributed by atoms with Gasteiger partial charge >= 0.3 is 11.9 Å². The van der Waals surface area contributed by atoms with Crippen LogP contribution in [0.3, 0.4) is 0 Å². The SMILES string of the molecule is C.C.C.C1COCCN1.COC(=O)c1ccc(F)cc1.COC(=O)c1ccc(N2CCOCC2)cc1. The third-order valence-electron chi connectivity index (χ3n) is 4.78. The van der Waals surface area contributed by atoms with Crippen molar-refractivity contribution in [3.8, 4) is 0 Å². The van der Waals surface area contributed by atoms with Crippen LogP contribution in [-0.2, 0) is 18.9 Å². The fraction of sp³-hybridized carbons (Fsp3) is 0.481. The number of morpholine rings is 2. The molecule has 2 aromatic rings. The van der Waals surface area contributed by atoms with Gasteiger partial charge in [-0.05, 0) is 48.5 Å². The van der Waals surface area contributed by atoms with Crippen LogP contribution >= 0.6 is 0 Å². The summed E-state index contributed by atoms with van der Waals surface area (Å²) < 4.78 is 31.7. The molecule has 8 nitrogen and oxygen atoms in total. The van der Waals surface area contributed by atoms with Gasteiger partial charge in [-0.15, -0.1) is 0 Å². The first kappa shape index (κ1) is 35.2. The van der Waals surface area contributed by atoms with Gasteiger partial charge in [0.05, 0.1) is 51.8 Å². The normalized spacial score (nSPS) is 13.9. The van der Waals surface area contributed by atoms with Gasteiger partial charge in [0.1, 0.15) is 5.82 Å². The first-order valence-electron chi connectivity index (χ1n) is 10.7. The van der Waals surface area contributed by atoms with Crippen LogP contribution in [0.2, 0.25) is 0 Å². The third kappa shape index (κ3) is 12.6. The zero-order valence-corrected chi connectivity index (χ0v) is 19.1. The van der Waals surface area contributed by atoms with Crippen molar-refractivity contribution >= 4 is 17.6 Å². The van der Waals surface area contributed by atoms with Gasteiger partial charge in [0, 0.05) is 31.9 Å². The van der Waals surface area contributed by atoms with Crippen molar-refractivity contribution in [1.82, 2.24) is 5.32 Å². The van der Waals surface area contributed by atoms with E-state index in [0.717, 1.165) is 58.3 Å². The second-order valence-electron chi connectivity index (χ2n) is 7.00. The molecule has 0 amide bonds. The molecule has 0 radical (unpaired) electrons. The molecule has 2 saturated heterocycles. The molecule has 0 aromatic heterocycles. The van der Waals surface area contributed by atoms with E-state index in [9.17, 15) is 14.0 Å². The maximum absolute atomic E-state index is 12.3. The zero-order chi connectivity index (χ0) is 23.9. The van der Waals surface area contributed by atoms with E-state index in [1.807, 2.05) is 12.1 Å². The Balaban J connectivity index is 0. The van der Waals surface area contributed by atoms with Crippen molar-refractivity contribution in [2.75, 3.05) is 71.7 Å². The van der Waals surface area contributed by atoms with Crippen molar-refractivity contribution in [3.63, 3.8) is 0 Å². The average molecular weight is 511 g/mol. The number of nitrogens with one attached hydrogen (secondary N) is 1. The molecular weight excluding hydrogens is 467 g/mol. The number of hydrogen-bond acceptors (Lipinski definition) is 8. The predicted octanol–water partition coefficient (Wildman–Crippen LogP) is 4.44. The van der Waals surface area contributed by atoms with Gasteiger partial charge in [0.2, 0.25) is 0 Å². The van der Waals surface area contributed by atoms with Gasteiger partial charge in [0.15, 0.2) is 0 Å². The molecule has 1 N–H and O–H groups in total. The summed E-state index contributed by atoms with van der Waals surface area (Å²) in [6.45, 7) is 7.16. The van der Waals surface area contributed by atoms with Gasteiger partial charge < -0.3 is 29.2 Å². The number of halogens is 1. The molecule has 204 valence electrons. The van der Waals surface area contributed by atoms with E-state index in [4.69, 9.17) is 9.47 Å². The molecule has 4 rings (SSSR count). The Labute approximate surface area is 215 Å². The van der Waals surface area contributed by atoms with Crippen LogP contribution in [-0.4, -0.2) is 78.8 Å². The van der Waals surface area contributed by atoms with Crippen molar-refractivity contribution < 1.29 is 32.9 Å². The summed E-state index contributed by atoms with van der Waals surface area (Å²) in [6.07, 6.45) is 0. The van der Waals surface area contributed by atoms with Crippen molar-refractivity contribution in [2.45, 2.75) is 22.3 Å². The van der Waals surface area contributed by atoms with Crippen molar-refractivity contribution in [2.24, 2.45) is 0 Å². The summed E-state index contributed by atoms with van der Waals surface area (Å²) in [7, 11) is 2.67. The molecular formula is C27H43FN2O6. The maximum atomic E-state index is 12.3. The smallest absolute Gasteiger partial charge is 0.337 e. The highest BCUT2D eigenvalue weighted by atomic mass is 19.1. The van der Waals surface area contributed by atoms with Gasteiger partial charge in [0.25, 0.3) is 0 Å². The number of esters is 2. The van der Waals surface area contributed by atoms with Gasteiger partial charge in [-0.1, -0.05) is 22.3 Å². The van der Waals surface area contributed by atoms with Gasteiger partial charge in [-0.3, -0.25) is 0 Å². The fourth-order valence-electron chi connectivity index (χ4n) is 2.97. The monoisotopic (exact) mass is 510 g/mol. The van der Waals surface area contributed by atoms with Crippen LogP contribution in [0.4, 0.5) is 10.1 Å². The molecule has 0 spiro atoms. The van der Waals surface area contributed by atoms with E-state index in [1.54, 1.807) is 12.1 Å². The molecule has 0 saturated carbocycles. The van der Waals surface area contributed by atoms with E-state index in [-0.39, 0.29) is 34.1 Å². The number of methoxy groups -OCH3 is 2. The van der Waals surface area contributed by atoms with E-state index < -0.39 is 5.97 Å². The van der Waals surface area contributed by atoms with E-state index in [2.05, 4.69) is 19.7 Å². The third-order valence-corrected chi connectivity index (χ3v) is 4.78. The molecule has 36 heavy (non-hydrogen) atoms. The number of anilines is 1. The Morgan fingerprint density at radius 3 is 1.53 bits per heavy atom. The Bertz CT molecular complexity index is 825. The molecule has 2 heterocycles. The minimum absolute atomic E-state index is 0. The molecule has 0 atom stereocenters. The van der Waals surface area contributed by atoms with Crippen LogP contribution < -0.4 is 10.2 Å². The average Bonchev–Trinajstić information content (AvgIpc) is 2.90.